The van der Waals surface area contributed by atoms with E-state index in [1.165, 1.54) is 0 Å². The van der Waals surface area contributed by atoms with Gasteiger partial charge in [-0.05, 0) is 58.7 Å². The monoisotopic (exact) mass is 641 g/mol. The van der Waals surface area contributed by atoms with Crippen LogP contribution in [0, 0.1) is 0 Å². The first kappa shape index (κ1) is 28.1. The number of anilines is 3. The Bertz CT molecular complexity index is 2240. The molecule has 7 aromatic rings. The standard InChI is InChI=1S/C42H29NO2P2/c44-46(34-18-9-3-10-19-34)38-26-24-32(30-14-5-1-6-15-30)28-36(38)43-37-29-33(31-16-7-2-8-17-31)25-27-39(37)47(45,35-20-11-4-12-21-35)41-23-13-22-40(46)42(41)43/h1-29H. The second-order valence-electron chi connectivity index (χ2n) is 12.0. The second-order valence-corrected chi connectivity index (χ2v) is 17.4. The van der Waals surface area contributed by atoms with Gasteiger partial charge in [0.05, 0.1) is 17.1 Å². The van der Waals surface area contributed by atoms with Crippen molar-refractivity contribution < 1.29 is 9.13 Å². The molecule has 0 aromatic heterocycles. The molecule has 3 nitrogen and oxygen atoms in total. The highest BCUT2D eigenvalue weighted by molar-refractivity contribution is 7.88. The summed E-state index contributed by atoms with van der Waals surface area (Å²) in [6.45, 7) is 0. The maximum Gasteiger partial charge on any atom is 0.175 e. The average Bonchev–Trinajstić information content (AvgIpc) is 3.15. The molecule has 0 spiro atoms. The summed E-state index contributed by atoms with van der Waals surface area (Å²) in [4.78, 5) is 2.24. The molecule has 47 heavy (non-hydrogen) atoms. The Balaban J connectivity index is 1.43. The Kier molecular flexibility index (Phi) is 6.37. The van der Waals surface area contributed by atoms with Gasteiger partial charge in [-0.3, -0.25) is 0 Å². The van der Waals surface area contributed by atoms with Crippen molar-refractivity contribution in [2.45, 2.75) is 0 Å². The molecule has 2 heterocycles. The normalized spacial score (nSPS) is 18.9. The summed E-state index contributed by atoms with van der Waals surface area (Å²) < 4.78 is 32.0. The minimum atomic E-state index is -3.39. The van der Waals surface area contributed by atoms with E-state index in [4.69, 9.17) is 0 Å². The molecule has 7 aromatic carbocycles. The van der Waals surface area contributed by atoms with Gasteiger partial charge in [-0.2, -0.15) is 0 Å². The van der Waals surface area contributed by atoms with Crippen LogP contribution in [0.15, 0.2) is 176 Å². The minimum absolute atomic E-state index is 0.716. The lowest BCUT2D eigenvalue weighted by atomic mass is 10.0. The highest BCUT2D eigenvalue weighted by atomic mass is 31.2. The van der Waals surface area contributed by atoms with E-state index < -0.39 is 14.3 Å². The summed E-state index contributed by atoms with van der Waals surface area (Å²) in [6.07, 6.45) is 0. The fourth-order valence-corrected chi connectivity index (χ4v) is 13.4. The molecule has 2 aliphatic heterocycles. The fourth-order valence-electron chi connectivity index (χ4n) is 7.28. The van der Waals surface area contributed by atoms with Gasteiger partial charge in [0.15, 0.2) is 14.3 Å². The third-order valence-corrected chi connectivity index (χ3v) is 15.7. The predicted octanol–water partition coefficient (Wildman–Crippen LogP) is 8.40. The van der Waals surface area contributed by atoms with Crippen molar-refractivity contribution in [3.05, 3.63) is 176 Å². The lowest BCUT2D eigenvalue weighted by molar-refractivity contribution is 0.592. The summed E-state index contributed by atoms with van der Waals surface area (Å²) in [5.41, 5.74) is 6.68. The maximum absolute atomic E-state index is 16.0. The van der Waals surface area contributed by atoms with Crippen LogP contribution in [-0.2, 0) is 9.13 Å². The highest BCUT2D eigenvalue weighted by Gasteiger charge is 2.49. The van der Waals surface area contributed by atoms with Crippen molar-refractivity contribution >= 4 is 63.2 Å². The van der Waals surface area contributed by atoms with Crippen molar-refractivity contribution in [3.63, 3.8) is 0 Å². The Hall–Kier alpha value is -5.20. The van der Waals surface area contributed by atoms with Crippen LogP contribution in [0.25, 0.3) is 22.3 Å². The van der Waals surface area contributed by atoms with Gasteiger partial charge in [0.2, 0.25) is 0 Å². The molecule has 224 valence electrons. The quantitative estimate of drug-likeness (QED) is 0.181. The van der Waals surface area contributed by atoms with Gasteiger partial charge >= 0.3 is 0 Å². The average molecular weight is 642 g/mol. The molecule has 9 rings (SSSR count). The van der Waals surface area contributed by atoms with Crippen LogP contribution in [0.2, 0.25) is 0 Å². The zero-order valence-electron chi connectivity index (χ0n) is 25.4. The molecule has 0 N–H and O–H groups in total. The number of hydrogen-bond donors (Lipinski definition) is 0. The molecule has 2 atom stereocenters. The zero-order chi connectivity index (χ0) is 31.6. The smallest absolute Gasteiger partial charge is 0.175 e. The molecular formula is C42H29NO2P2. The molecule has 0 bridgehead atoms. The topological polar surface area (TPSA) is 37.4 Å². The molecule has 0 amide bonds. The van der Waals surface area contributed by atoms with E-state index >= 15 is 9.13 Å². The van der Waals surface area contributed by atoms with Crippen LogP contribution in [0.5, 0.6) is 0 Å². The summed E-state index contributed by atoms with van der Waals surface area (Å²) in [7, 11) is -6.79. The summed E-state index contributed by atoms with van der Waals surface area (Å²) >= 11 is 0. The zero-order valence-corrected chi connectivity index (χ0v) is 27.2. The van der Waals surface area contributed by atoms with Gasteiger partial charge in [0.1, 0.15) is 0 Å². The van der Waals surface area contributed by atoms with Gasteiger partial charge in [-0.25, -0.2) is 0 Å². The van der Waals surface area contributed by atoms with Crippen molar-refractivity contribution in [1.29, 1.82) is 0 Å². The Morgan fingerprint density at radius 3 is 1.13 bits per heavy atom. The SMILES string of the molecule is O=P1(c2ccccc2)c2ccc(-c3ccccc3)cc2N2c3cc(-c4ccccc4)ccc3P(=O)(c3ccccc3)c3cccc1c32. The molecular weight excluding hydrogens is 612 g/mol. The van der Waals surface area contributed by atoms with Crippen molar-refractivity contribution in [3.8, 4) is 22.3 Å². The number of para-hydroxylation sites is 1. The van der Waals surface area contributed by atoms with E-state index in [0.29, 0.717) is 10.6 Å². The minimum Gasteiger partial charge on any atom is -0.308 e. The number of benzene rings is 7. The first-order valence-electron chi connectivity index (χ1n) is 15.7. The van der Waals surface area contributed by atoms with Crippen molar-refractivity contribution in [2.75, 3.05) is 4.90 Å². The largest absolute Gasteiger partial charge is 0.308 e. The van der Waals surface area contributed by atoms with E-state index in [0.717, 1.165) is 60.5 Å². The van der Waals surface area contributed by atoms with Crippen LogP contribution < -0.4 is 36.7 Å². The molecule has 0 aliphatic carbocycles. The molecule has 0 radical (unpaired) electrons. The van der Waals surface area contributed by atoms with E-state index in [-0.39, 0.29) is 0 Å². The van der Waals surface area contributed by atoms with Crippen LogP contribution in [0.4, 0.5) is 17.1 Å². The van der Waals surface area contributed by atoms with Crippen molar-refractivity contribution in [1.82, 2.24) is 0 Å². The van der Waals surface area contributed by atoms with Crippen LogP contribution in [0.3, 0.4) is 0 Å². The molecule has 2 aliphatic rings. The van der Waals surface area contributed by atoms with Crippen molar-refractivity contribution in [2.24, 2.45) is 0 Å². The van der Waals surface area contributed by atoms with Crippen LogP contribution in [0.1, 0.15) is 0 Å². The lowest BCUT2D eigenvalue weighted by Gasteiger charge is -2.44. The molecule has 0 saturated heterocycles. The number of hydrogen-bond acceptors (Lipinski definition) is 3. The van der Waals surface area contributed by atoms with Gasteiger partial charge in [-0.15, -0.1) is 0 Å². The molecule has 2 unspecified atom stereocenters. The first-order chi connectivity index (χ1) is 23.1. The van der Waals surface area contributed by atoms with E-state index in [9.17, 15) is 0 Å². The van der Waals surface area contributed by atoms with Crippen LogP contribution >= 0.6 is 14.3 Å². The third kappa shape index (κ3) is 4.07. The predicted molar refractivity (Wildman–Crippen MR) is 198 cm³/mol. The van der Waals surface area contributed by atoms with Gasteiger partial charge in [0, 0.05) is 31.8 Å². The second kappa shape index (κ2) is 10.7. The molecule has 0 fully saturated rings. The van der Waals surface area contributed by atoms with Gasteiger partial charge in [0.25, 0.3) is 0 Å². The highest BCUT2D eigenvalue weighted by Crippen LogP contribution is 2.60. The van der Waals surface area contributed by atoms with E-state index in [1.54, 1.807) is 0 Å². The number of rotatable bonds is 4. The van der Waals surface area contributed by atoms with Gasteiger partial charge < -0.3 is 14.0 Å². The Morgan fingerprint density at radius 2 is 0.723 bits per heavy atom. The van der Waals surface area contributed by atoms with Crippen LogP contribution in [-0.4, -0.2) is 0 Å². The summed E-state index contributed by atoms with van der Waals surface area (Å²) in [5.74, 6) is 0. The Morgan fingerprint density at radius 1 is 0.340 bits per heavy atom. The summed E-state index contributed by atoms with van der Waals surface area (Å²) in [6, 6.07) is 58.6. The molecule has 5 heteroatoms. The third-order valence-electron chi connectivity index (χ3n) is 9.46. The van der Waals surface area contributed by atoms with E-state index in [1.807, 2.05) is 127 Å². The van der Waals surface area contributed by atoms with Gasteiger partial charge in [-0.1, -0.05) is 140 Å². The maximum atomic E-state index is 16.0. The summed E-state index contributed by atoms with van der Waals surface area (Å²) in [5, 5.41) is 4.52. The Labute approximate surface area is 274 Å². The fraction of sp³-hybridized carbons (Fsp3) is 0. The number of nitrogens with zero attached hydrogens (tertiary/aromatic N) is 1. The van der Waals surface area contributed by atoms with E-state index in [2.05, 4.69) is 53.4 Å². The first-order valence-corrected chi connectivity index (χ1v) is 19.2. The number of fused-ring (bicyclic) bond motifs is 4. The molecule has 0 saturated carbocycles. The lowest BCUT2D eigenvalue weighted by Crippen LogP contribution is -2.45.